The Balaban J connectivity index is 2.88. The zero-order valence-electron chi connectivity index (χ0n) is 9.94. The van der Waals surface area contributed by atoms with Crippen LogP contribution in [0.15, 0.2) is 17.0 Å². The van der Waals surface area contributed by atoms with Crippen molar-refractivity contribution < 1.29 is 24.2 Å². The third-order valence-corrected chi connectivity index (χ3v) is 3.53. The van der Waals surface area contributed by atoms with E-state index in [2.05, 4.69) is 32.0 Å². The van der Waals surface area contributed by atoms with E-state index in [0.29, 0.717) is 12.2 Å². The van der Waals surface area contributed by atoms with Crippen LogP contribution >= 0.6 is 34.6 Å². The SMILES string of the molecule is Cc1cc(C(=O)OCCI)cc(C)c1SOOO. The molecular formula is C11H13IO5S. The zero-order valence-corrected chi connectivity index (χ0v) is 12.9. The second-order valence-corrected chi connectivity index (χ2v) is 5.28. The van der Waals surface area contributed by atoms with Crippen molar-refractivity contribution >= 4 is 40.6 Å². The van der Waals surface area contributed by atoms with Crippen molar-refractivity contribution in [3.05, 3.63) is 28.8 Å². The Kier molecular flexibility index (Phi) is 6.94. The summed E-state index contributed by atoms with van der Waals surface area (Å²) in [5.74, 6) is -0.339. The Morgan fingerprint density at radius 3 is 2.50 bits per heavy atom. The number of ether oxygens (including phenoxy) is 1. The molecule has 0 aromatic heterocycles. The maximum Gasteiger partial charge on any atom is 0.338 e. The van der Waals surface area contributed by atoms with Crippen molar-refractivity contribution in [2.24, 2.45) is 0 Å². The molecule has 0 bridgehead atoms. The molecular weight excluding hydrogens is 371 g/mol. The van der Waals surface area contributed by atoms with Crippen molar-refractivity contribution in [3.63, 3.8) is 0 Å². The third-order valence-electron chi connectivity index (χ3n) is 2.15. The Morgan fingerprint density at radius 2 is 2.00 bits per heavy atom. The van der Waals surface area contributed by atoms with Crippen LogP contribution in [0, 0.1) is 13.8 Å². The Morgan fingerprint density at radius 1 is 1.39 bits per heavy atom. The molecule has 5 nitrogen and oxygen atoms in total. The predicted octanol–water partition coefficient (Wildman–Crippen LogP) is 3.32. The number of carbonyl (C=O) groups excluding carboxylic acids is 1. The summed E-state index contributed by atoms with van der Waals surface area (Å²) in [7, 11) is 0. The number of esters is 1. The van der Waals surface area contributed by atoms with Gasteiger partial charge in [0.2, 0.25) is 0 Å². The topological polar surface area (TPSA) is 65.0 Å². The number of aryl methyl sites for hydroxylation is 2. The van der Waals surface area contributed by atoms with Gasteiger partial charge in [-0.25, -0.2) is 10.1 Å². The number of rotatable bonds is 6. The number of hydrogen-bond donors (Lipinski definition) is 1. The van der Waals surface area contributed by atoms with Gasteiger partial charge >= 0.3 is 5.97 Å². The standard InChI is InChI=1S/C11H13IO5S/c1-7-5-9(11(13)15-4-3-12)6-8(2)10(7)18-17-16-14/h5-6,14H,3-4H2,1-2H3. The molecule has 0 amide bonds. The molecule has 0 fully saturated rings. The van der Waals surface area contributed by atoms with Crippen LogP contribution in [0.25, 0.3) is 0 Å². The van der Waals surface area contributed by atoms with Gasteiger partial charge in [-0.3, -0.25) is 0 Å². The average molecular weight is 384 g/mol. The summed E-state index contributed by atoms with van der Waals surface area (Å²) in [6.07, 6.45) is 0. The van der Waals surface area contributed by atoms with Gasteiger partial charge in [-0.05, 0) is 37.1 Å². The normalized spacial score (nSPS) is 10.4. The molecule has 7 heteroatoms. The van der Waals surface area contributed by atoms with Gasteiger partial charge in [0.25, 0.3) is 0 Å². The van der Waals surface area contributed by atoms with Gasteiger partial charge in [0.1, 0.15) is 6.61 Å². The second-order valence-electron chi connectivity index (χ2n) is 3.49. The fourth-order valence-corrected chi connectivity index (χ4v) is 2.16. The van der Waals surface area contributed by atoms with Crippen LogP contribution in [0.4, 0.5) is 0 Å². The summed E-state index contributed by atoms with van der Waals surface area (Å²) in [4.78, 5) is 12.5. The first-order valence-electron chi connectivity index (χ1n) is 5.09. The minimum Gasteiger partial charge on any atom is -0.461 e. The molecule has 0 unspecified atom stereocenters. The maximum atomic E-state index is 11.7. The van der Waals surface area contributed by atoms with Crippen molar-refractivity contribution in [2.75, 3.05) is 11.0 Å². The van der Waals surface area contributed by atoms with Crippen LogP contribution in [0.3, 0.4) is 0 Å². The first-order chi connectivity index (χ1) is 8.60. The molecule has 0 aliphatic heterocycles. The molecule has 1 aromatic carbocycles. The molecule has 0 heterocycles. The molecule has 0 atom stereocenters. The van der Waals surface area contributed by atoms with Gasteiger partial charge in [-0.2, -0.15) is 0 Å². The van der Waals surface area contributed by atoms with Crippen molar-refractivity contribution in [2.45, 2.75) is 18.7 Å². The third kappa shape index (κ3) is 4.39. The fraction of sp³-hybridized carbons (Fsp3) is 0.364. The molecule has 1 rings (SSSR count). The summed E-state index contributed by atoms with van der Waals surface area (Å²) in [6, 6.07) is 3.43. The van der Waals surface area contributed by atoms with Crippen LogP contribution in [-0.2, 0) is 14.1 Å². The largest absolute Gasteiger partial charge is 0.461 e. The highest BCUT2D eigenvalue weighted by Crippen LogP contribution is 2.28. The van der Waals surface area contributed by atoms with Gasteiger partial charge in [0.15, 0.2) is 0 Å². The number of benzene rings is 1. The lowest BCUT2D eigenvalue weighted by molar-refractivity contribution is -0.432. The summed E-state index contributed by atoms with van der Waals surface area (Å²) < 4.78 is 10.2. The molecule has 0 saturated heterocycles. The highest BCUT2D eigenvalue weighted by molar-refractivity contribution is 14.1. The lowest BCUT2D eigenvalue weighted by atomic mass is 10.1. The molecule has 0 spiro atoms. The van der Waals surface area contributed by atoms with E-state index in [1.54, 1.807) is 12.1 Å². The van der Waals surface area contributed by atoms with Crippen LogP contribution < -0.4 is 0 Å². The monoisotopic (exact) mass is 384 g/mol. The quantitative estimate of drug-likeness (QED) is 0.203. The highest BCUT2D eigenvalue weighted by Gasteiger charge is 2.13. The van der Waals surface area contributed by atoms with E-state index in [4.69, 9.17) is 9.99 Å². The fourth-order valence-electron chi connectivity index (χ4n) is 1.46. The lowest BCUT2D eigenvalue weighted by Gasteiger charge is -2.10. The van der Waals surface area contributed by atoms with Crippen LogP contribution in [0.5, 0.6) is 0 Å². The van der Waals surface area contributed by atoms with Gasteiger partial charge in [0.05, 0.1) is 17.6 Å². The van der Waals surface area contributed by atoms with E-state index in [9.17, 15) is 4.79 Å². The lowest BCUT2D eigenvalue weighted by Crippen LogP contribution is -2.08. The number of carbonyl (C=O) groups is 1. The summed E-state index contributed by atoms with van der Waals surface area (Å²) in [5, 5.41) is 11.7. The van der Waals surface area contributed by atoms with E-state index in [0.717, 1.165) is 32.5 Å². The molecule has 1 N–H and O–H groups in total. The average Bonchev–Trinajstić information content (AvgIpc) is 2.34. The Bertz CT molecular complexity index is 401. The minimum absolute atomic E-state index is 0.339. The van der Waals surface area contributed by atoms with E-state index >= 15 is 0 Å². The summed E-state index contributed by atoms with van der Waals surface area (Å²) >= 11 is 3.03. The predicted molar refractivity (Wildman–Crippen MR) is 75.7 cm³/mol. The highest BCUT2D eigenvalue weighted by atomic mass is 127. The van der Waals surface area contributed by atoms with E-state index in [-0.39, 0.29) is 5.97 Å². The molecule has 1 aromatic rings. The first-order valence-corrected chi connectivity index (χ1v) is 7.36. The second kappa shape index (κ2) is 7.95. The van der Waals surface area contributed by atoms with Crippen molar-refractivity contribution in [1.82, 2.24) is 0 Å². The zero-order chi connectivity index (χ0) is 13.5. The van der Waals surface area contributed by atoms with Gasteiger partial charge in [-0.1, -0.05) is 27.6 Å². The van der Waals surface area contributed by atoms with Gasteiger partial charge < -0.3 is 4.74 Å². The van der Waals surface area contributed by atoms with Gasteiger partial charge in [0, 0.05) is 9.32 Å². The summed E-state index contributed by atoms with van der Waals surface area (Å²) in [5.41, 5.74) is 2.20. The van der Waals surface area contributed by atoms with E-state index in [1.165, 1.54) is 0 Å². The van der Waals surface area contributed by atoms with Crippen LogP contribution in [0.1, 0.15) is 21.5 Å². The van der Waals surface area contributed by atoms with Gasteiger partial charge in [-0.15, -0.1) is 4.33 Å². The van der Waals surface area contributed by atoms with Crippen LogP contribution in [0.2, 0.25) is 0 Å². The van der Waals surface area contributed by atoms with E-state index < -0.39 is 0 Å². The van der Waals surface area contributed by atoms with Crippen molar-refractivity contribution in [1.29, 1.82) is 0 Å². The Labute approximate surface area is 123 Å². The summed E-state index contributed by atoms with van der Waals surface area (Å²) in [6.45, 7) is 4.08. The minimum atomic E-state index is -0.339. The molecule has 100 valence electrons. The maximum absolute atomic E-state index is 11.7. The molecule has 0 aliphatic rings. The number of hydrogen-bond acceptors (Lipinski definition) is 6. The first kappa shape index (κ1) is 15.7. The van der Waals surface area contributed by atoms with Crippen molar-refractivity contribution in [3.8, 4) is 0 Å². The Hall–Kier alpha value is -0.350. The smallest absolute Gasteiger partial charge is 0.338 e. The number of alkyl halides is 1. The number of halogens is 1. The van der Waals surface area contributed by atoms with Crippen LogP contribution in [-0.4, -0.2) is 22.3 Å². The molecule has 18 heavy (non-hydrogen) atoms. The molecule has 0 aliphatic carbocycles. The molecule has 0 saturated carbocycles. The molecule has 0 radical (unpaired) electrons. The van der Waals surface area contributed by atoms with E-state index in [1.807, 2.05) is 13.8 Å².